The van der Waals surface area contributed by atoms with Crippen LogP contribution < -0.4 is 0 Å². The highest BCUT2D eigenvalue weighted by Crippen LogP contribution is 2.41. The number of nitrogens with zero attached hydrogens (tertiary/aromatic N) is 3. The zero-order chi connectivity index (χ0) is 14.2. The molecule has 1 aromatic heterocycles. The number of hydrogen-bond acceptors (Lipinski definition) is 2. The molecular weight excluding hydrogens is 258 g/mol. The highest BCUT2D eigenvalue weighted by Gasteiger charge is 2.31. The summed E-state index contributed by atoms with van der Waals surface area (Å²) < 4.78 is 2.36. The molecule has 1 aromatic rings. The standard InChI is InChI=1S/C18H23N3/c1-20-10-6-15(7-11-20)17-16-5-3-2-4-14(16)8-12-21-13-9-19-18(17)21/h2-5,9,13-14,16H,6-8,10-12H2,1H3. The predicted molar refractivity (Wildman–Crippen MR) is 85.8 cm³/mol. The van der Waals surface area contributed by atoms with Gasteiger partial charge in [0.1, 0.15) is 5.82 Å². The number of allylic oxidation sites excluding steroid dienone is 5. The quantitative estimate of drug-likeness (QED) is 0.728. The van der Waals surface area contributed by atoms with E-state index in [9.17, 15) is 0 Å². The van der Waals surface area contributed by atoms with Crippen molar-refractivity contribution in [2.45, 2.75) is 25.8 Å². The summed E-state index contributed by atoms with van der Waals surface area (Å²) in [5, 5.41) is 0. The van der Waals surface area contributed by atoms with Crippen LogP contribution in [0.3, 0.4) is 0 Å². The molecule has 0 spiro atoms. The van der Waals surface area contributed by atoms with E-state index < -0.39 is 0 Å². The van der Waals surface area contributed by atoms with E-state index in [0.717, 1.165) is 6.54 Å². The lowest BCUT2D eigenvalue weighted by Gasteiger charge is -2.30. The van der Waals surface area contributed by atoms with Crippen LogP contribution in [0, 0.1) is 11.8 Å². The van der Waals surface area contributed by atoms with Crippen molar-refractivity contribution in [3.63, 3.8) is 0 Å². The number of rotatable bonds is 0. The molecule has 0 saturated carbocycles. The molecule has 2 aliphatic heterocycles. The van der Waals surface area contributed by atoms with E-state index in [1.165, 1.54) is 43.7 Å². The fourth-order valence-corrected chi connectivity index (χ4v) is 3.96. The second kappa shape index (κ2) is 5.30. The van der Waals surface area contributed by atoms with Crippen LogP contribution in [-0.2, 0) is 6.54 Å². The molecule has 0 radical (unpaired) electrons. The molecule has 1 saturated heterocycles. The maximum absolute atomic E-state index is 4.72. The van der Waals surface area contributed by atoms with Crippen LogP contribution in [0.15, 0.2) is 42.3 Å². The molecule has 0 aromatic carbocycles. The molecule has 1 fully saturated rings. The molecule has 3 aliphatic rings. The maximum atomic E-state index is 4.72. The molecule has 2 unspecified atom stereocenters. The van der Waals surface area contributed by atoms with Crippen LogP contribution >= 0.6 is 0 Å². The van der Waals surface area contributed by atoms with E-state index >= 15 is 0 Å². The largest absolute Gasteiger partial charge is 0.331 e. The molecule has 2 atom stereocenters. The van der Waals surface area contributed by atoms with Crippen molar-refractivity contribution in [1.29, 1.82) is 0 Å². The normalized spacial score (nSPS) is 29.2. The van der Waals surface area contributed by atoms with E-state index in [1.807, 2.05) is 6.20 Å². The molecule has 4 rings (SSSR count). The van der Waals surface area contributed by atoms with E-state index in [2.05, 4.69) is 47.0 Å². The van der Waals surface area contributed by atoms with Crippen LogP contribution in [0.2, 0.25) is 0 Å². The number of hydrogen-bond donors (Lipinski definition) is 0. The first-order valence-corrected chi connectivity index (χ1v) is 8.10. The summed E-state index contributed by atoms with van der Waals surface area (Å²) in [6.45, 7) is 3.44. The van der Waals surface area contributed by atoms with Gasteiger partial charge in [-0.25, -0.2) is 4.98 Å². The SMILES string of the molecule is CN1CCC(=C2c3nccn3CCC3C=CC=CC23)CC1. The van der Waals surface area contributed by atoms with Crippen molar-refractivity contribution in [2.24, 2.45) is 11.8 Å². The average Bonchev–Trinajstić information content (AvgIpc) is 2.91. The Kier molecular flexibility index (Phi) is 3.30. The van der Waals surface area contributed by atoms with E-state index in [1.54, 1.807) is 5.57 Å². The Labute approximate surface area is 126 Å². The number of piperidine rings is 1. The molecule has 0 bridgehead atoms. The Morgan fingerprint density at radius 2 is 1.90 bits per heavy atom. The molecule has 0 N–H and O–H groups in total. The van der Waals surface area contributed by atoms with E-state index in [0.29, 0.717) is 11.8 Å². The summed E-state index contributed by atoms with van der Waals surface area (Å²) in [6, 6.07) is 0. The Morgan fingerprint density at radius 1 is 1.10 bits per heavy atom. The summed E-state index contributed by atoms with van der Waals surface area (Å²) >= 11 is 0. The van der Waals surface area contributed by atoms with Crippen molar-refractivity contribution in [3.8, 4) is 0 Å². The van der Waals surface area contributed by atoms with Crippen LogP contribution in [0.5, 0.6) is 0 Å². The first-order valence-electron chi connectivity index (χ1n) is 8.10. The third kappa shape index (κ3) is 2.30. The lowest BCUT2D eigenvalue weighted by molar-refractivity contribution is 0.312. The zero-order valence-electron chi connectivity index (χ0n) is 12.7. The Morgan fingerprint density at radius 3 is 2.76 bits per heavy atom. The topological polar surface area (TPSA) is 21.1 Å². The number of imidazole rings is 1. The van der Waals surface area contributed by atoms with Crippen molar-refractivity contribution in [1.82, 2.24) is 14.5 Å². The molecule has 3 nitrogen and oxygen atoms in total. The zero-order valence-corrected chi connectivity index (χ0v) is 12.7. The van der Waals surface area contributed by atoms with Crippen LogP contribution in [-0.4, -0.2) is 34.6 Å². The first kappa shape index (κ1) is 13.1. The minimum Gasteiger partial charge on any atom is -0.331 e. The summed E-state index contributed by atoms with van der Waals surface area (Å²) in [7, 11) is 2.22. The van der Waals surface area contributed by atoms with Crippen molar-refractivity contribution < 1.29 is 0 Å². The summed E-state index contributed by atoms with van der Waals surface area (Å²) in [4.78, 5) is 7.15. The third-order valence-electron chi connectivity index (χ3n) is 5.21. The summed E-state index contributed by atoms with van der Waals surface area (Å²) in [5.74, 6) is 2.39. The number of aryl methyl sites for hydroxylation is 1. The van der Waals surface area contributed by atoms with Gasteiger partial charge in [-0.05, 0) is 32.2 Å². The summed E-state index contributed by atoms with van der Waals surface area (Å²) in [6.07, 6.45) is 16.9. The Balaban J connectivity index is 1.82. The summed E-state index contributed by atoms with van der Waals surface area (Å²) in [5.41, 5.74) is 3.16. The van der Waals surface area contributed by atoms with Gasteiger partial charge in [0, 0.05) is 43.5 Å². The van der Waals surface area contributed by atoms with Gasteiger partial charge in [0.2, 0.25) is 0 Å². The van der Waals surface area contributed by atoms with Gasteiger partial charge in [0.05, 0.1) is 0 Å². The minimum atomic E-state index is 0.525. The number of fused-ring (bicyclic) bond motifs is 2. The first-order chi connectivity index (χ1) is 10.3. The monoisotopic (exact) mass is 281 g/mol. The van der Waals surface area contributed by atoms with Gasteiger partial charge in [0.15, 0.2) is 0 Å². The van der Waals surface area contributed by atoms with Crippen LogP contribution in [0.25, 0.3) is 5.57 Å². The molecule has 0 amide bonds. The third-order valence-corrected chi connectivity index (χ3v) is 5.21. The average molecular weight is 281 g/mol. The van der Waals surface area contributed by atoms with Crippen molar-refractivity contribution >= 4 is 5.57 Å². The minimum absolute atomic E-state index is 0.525. The van der Waals surface area contributed by atoms with Gasteiger partial charge < -0.3 is 9.47 Å². The molecule has 1 aliphatic carbocycles. The van der Waals surface area contributed by atoms with Crippen molar-refractivity contribution in [3.05, 3.63) is 48.1 Å². The Bertz CT molecular complexity index is 610. The van der Waals surface area contributed by atoms with Crippen LogP contribution in [0.4, 0.5) is 0 Å². The smallest absolute Gasteiger partial charge is 0.136 e. The second-order valence-electron chi connectivity index (χ2n) is 6.51. The number of likely N-dealkylation sites (tertiary alicyclic amines) is 1. The number of aromatic nitrogens is 2. The highest BCUT2D eigenvalue weighted by molar-refractivity contribution is 5.69. The predicted octanol–water partition coefficient (Wildman–Crippen LogP) is 3.12. The molecule has 3 heteroatoms. The molecular formula is C18H23N3. The maximum Gasteiger partial charge on any atom is 0.136 e. The highest BCUT2D eigenvalue weighted by atomic mass is 15.1. The van der Waals surface area contributed by atoms with E-state index in [4.69, 9.17) is 4.98 Å². The molecule has 3 heterocycles. The van der Waals surface area contributed by atoms with Gasteiger partial charge in [-0.2, -0.15) is 0 Å². The van der Waals surface area contributed by atoms with Crippen molar-refractivity contribution in [2.75, 3.05) is 20.1 Å². The fourth-order valence-electron chi connectivity index (χ4n) is 3.96. The van der Waals surface area contributed by atoms with E-state index in [-0.39, 0.29) is 0 Å². The van der Waals surface area contributed by atoms with Gasteiger partial charge >= 0.3 is 0 Å². The van der Waals surface area contributed by atoms with Gasteiger partial charge in [0.25, 0.3) is 0 Å². The molecule has 110 valence electrons. The lowest BCUT2D eigenvalue weighted by Crippen LogP contribution is -2.28. The Hall–Kier alpha value is -1.61. The van der Waals surface area contributed by atoms with Crippen LogP contribution in [0.1, 0.15) is 25.1 Å². The van der Waals surface area contributed by atoms with Gasteiger partial charge in [-0.15, -0.1) is 0 Å². The fraction of sp³-hybridized carbons (Fsp3) is 0.500. The lowest BCUT2D eigenvalue weighted by atomic mass is 9.78. The van der Waals surface area contributed by atoms with Gasteiger partial charge in [-0.1, -0.05) is 29.9 Å². The molecule has 21 heavy (non-hydrogen) atoms. The van der Waals surface area contributed by atoms with Gasteiger partial charge in [-0.3, -0.25) is 0 Å². The second-order valence-corrected chi connectivity index (χ2v) is 6.51.